The van der Waals surface area contributed by atoms with Gasteiger partial charge in [-0.25, -0.2) is 4.79 Å². The Labute approximate surface area is 262 Å². The van der Waals surface area contributed by atoms with E-state index in [9.17, 15) is 39.3 Å². The third kappa shape index (κ3) is 4.68. The number of aromatic carboxylic acids is 1. The normalized spacial score (nSPS) is 17.0. The molecular formula is C38H24O8. The molecule has 2 unspecified atom stereocenters. The SMILES string of the molecule is O=C(O)c1ccc2c(c1)C(=O)C(c1ccc(-c3cccc(-c4ccc(C5C(=O)c6ccc(C(O)O)cc6C5=O)cc4)c3)cc1)C2=O. The molecule has 8 nitrogen and oxygen atoms in total. The Kier molecular flexibility index (Phi) is 6.89. The molecule has 3 N–H and O–H groups in total. The van der Waals surface area contributed by atoms with Gasteiger partial charge in [0.15, 0.2) is 29.4 Å². The van der Waals surface area contributed by atoms with Crippen LogP contribution >= 0.6 is 0 Å². The van der Waals surface area contributed by atoms with Gasteiger partial charge in [0.2, 0.25) is 0 Å². The van der Waals surface area contributed by atoms with Crippen molar-refractivity contribution in [1.29, 1.82) is 0 Å². The quantitative estimate of drug-likeness (QED) is 0.157. The maximum Gasteiger partial charge on any atom is 0.335 e. The fourth-order valence-electron chi connectivity index (χ4n) is 6.32. The fraction of sp³-hybridized carbons (Fsp3) is 0.0789. The van der Waals surface area contributed by atoms with Crippen molar-refractivity contribution < 1.29 is 39.3 Å². The zero-order valence-electron chi connectivity index (χ0n) is 24.0. The van der Waals surface area contributed by atoms with Gasteiger partial charge in [-0.1, -0.05) is 78.9 Å². The van der Waals surface area contributed by atoms with E-state index in [0.717, 1.165) is 22.3 Å². The molecule has 0 amide bonds. The zero-order chi connectivity index (χ0) is 32.3. The molecular weight excluding hydrogens is 584 g/mol. The van der Waals surface area contributed by atoms with Crippen molar-refractivity contribution in [3.05, 3.63) is 154 Å². The first kappa shape index (κ1) is 28.9. The molecule has 0 radical (unpaired) electrons. The number of carboxylic acid groups (broad SMARTS) is 1. The molecule has 0 heterocycles. The summed E-state index contributed by atoms with van der Waals surface area (Å²) in [5, 5.41) is 28.2. The fourth-order valence-corrected chi connectivity index (χ4v) is 6.32. The molecule has 0 bridgehead atoms. The Morgan fingerprint density at radius 2 is 0.957 bits per heavy atom. The summed E-state index contributed by atoms with van der Waals surface area (Å²) in [5.74, 6) is -4.66. The minimum Gasteiger partial charge on any atom is -0.478 e. The predicted octanol–water partition coefficient (Wildman–Crippen LogP) is 6.03. The third-order valence-corrected chi connectivity index (χ3v) is 8.74. The average Bonchev–Trinajstić information content (AvgIpc) is 3.48. The topological polar surface area (TPSA) is 146 Å². The molecule has 46 heavy (non-hydrogen) atoms. The molecule has 0 aromatic heterocycles. The number of fused-ring (bicyclic) bond motifs is 2. The average molecular weight is 609 g/mol. The van der Waals surface area contributed by atoms with E-state index < -0.39 is 29.9 Å². The number of benzene rings is 5. The van der Waals surface area contributed by atoms with E-state index >= 15 is 0 Å². The van der Waals surface area contributed by atoms with Gasteiger partial charge in [-0.2, -0.15) is 0 Å². The monoisotopic (exact) mass is 608 g/mol. The van der Waals surface area contributed by atoms with Crippen molar-refractivity contribution in [2.24, 2.45) is 0 Å². The second-order valence-corrected chi connectivity index (χ2v) is 11.4. The molecule has 0 fully saturated rings. The Morgan fingerprint density at radius 1 is 0.500 bits per heavy atom. The van der Waals surface area contributed by atoms with Gasteiger partial charge >= 0.3 is 5.97 Å². The number of ketones is 4. The number of carboxylic acids is 1. The van der Waals surface area contributed by atoms with E-state index in [1.165, 1.54) is 36.4 Å². The van der Waals surface area contributed by atoms with Gasteiger partial charge in [0, 0.05) is 27.8 Å². The lowest BCUT2D eigenvalue weighted by Crippen LogP contribution is -2.12. The first-order valence-corrected chi connectivity index (χ1v) is 14.5. The second-order valence-electron chi connectivity index (χ2n) is 11.4. The van der Waals surface area contributed by atoms with Gasteiger partial charge in [-0.05, 0) is 63.7 Å². The van der Waals surface area contributed by atoms with Gasteiger partial charge < -0.3 is 15.3 Å². The molecule has 0 saturated carbocycles. The van der Waals surface area contributed by atoms with Crippen LogP contribution in [0.1, 0.15) is 86.6 Å². The summed E-state index contributed by atoms with van der Waals surface area (Å²) in [5.41, 5.74) is 5.49. The van der Waals surface area contributed by atoms with Crippen LogP contribution < -0.4 is 0 Å². The molecule has 5 aromatic rings. The Bertz CT molecular complexity index is 2120. The lowest BCUT2D eigenvalue weighted by atomic mass is 9.91. The largest absolute Gasteiger partial charge is 0.478 e. The molecule has 224 valence electrons. The molecule has 0 spiro atoms. The van der Waals surface area contributed by atoms with Crippen molar-refractivity contribution >= 4 is 29.1 Å². The molecule has 7 rings (SSSR count). The van der Waals surface area contributed by atoms with E-state index in [1.54, 1.807) is 24.3 Å². The van der Waals surface area contributed by atoms with E-state index in [2.05, 4.69) is 0 Å². The van der Waals surface area contributed by atoms with E-state index in [4.69, 9.17) is 0 Å². The number of aliphatic hydroxyl groups is 2. The number of carbonyl (C=O) groups excluding carboxylic acids is 4. The van der Waals surface area contributed by atoms with Crippen LogP contribution in [0.2, 0.25) is 0 Å². The smallest absolute Gasteiger partial charge is 0.335 e. The lowest BCUT2D eigenvalue weighted by molar-refractivity contribution is -0.0425. The minimum atomic E-state index is -1.74. The molecule has 0 aliphatic heterocycles. The first-order valence-electron chi connectivity index (χ1n) is 14.5. The summed E-state index contributed by atoms with van der Waals surface area (Å²) in [6, 6.07) is 30.3. The summed E-state index contributed by atoms with van der Waals surface area (Å²) in [6.45, 7) is 0. The highest BCUT2D eigenvalue weighted by molar-refractivity contribution is 6.30. The molecule has 0 saturated heterocycles. The van der Waals surface area contributed by atoms with Crippen molar-refractivity contribution in [3.8, 4) is 22.3 Å². The van der Waals surface area contributed by atoms with Crippen LogP contribution in [0.4, 0.5) is 0 Å². The van der Waals surface area contributed by atoms with Gasteiger partial charge in [0.1, 0.15) is 11.8 Å². The lowest BCUT2D eigenvalue weighted by Gasteiger charge is -2.11. The first-order chi connectivity index (χ1) is 22.1. The van der Waals surface area contributed by atoms with Crippen molar-refractivity contribution in [1.82, 2.24) is 0 Å². The number of carbonyl (C=O) groups is 5. The highest BCUT2D eigenvalue weighted by Gasteiger charge is 2.41. The van der Waals surface area contributed by atoms with E-state index in [1.807, 2.05) is 48.5 Å². The highest BCUT2D eigenvalue weighted by Crippen LogP contribution is 2.38. The van der Waals surface area contributed by atoms with Crippen LogP contribution in [-0.2, 0) is 0 Å². The number of rotatable bonds is 6. The number of hydrogen-bond donors (Lipinski definition) is 3. The van der Waals surface area contributed by atoms with Gasteiger partial charge in [-0.15, -0.1) is 0 Å². The van der Waals surface area contributed by atoms with Crippen LogP contribution in [-0.4, -0.2) is 44.4 Å². The molecule has 2 atom stereocenters. The molecule has 5 aromatic carbocycles. The summed E-state index contributed by atoms with van der Waals surface area (Å²) in [7, 11) is 0. The van der Waals surface area contributed by atoms with Crippen LogP contribution in [0.25, 0.3) is 22.3 Å². The molecule has 2 aliphatic rings. The van der Waals surface area contributed by atoms with Crippen LogP contribution in [0.15, 0.2) is 109 Å². The summed E-state index contributed by atoms with van der Waals surface area (Å²) < 4.78 is 0. The highest BCUT2D eigenvalue weighted by atomic mass is 16.5. The predicted molar refractivity (Wildman–Crippen MR) is 167 cm³/mol. The Morgan fingerprint density at radius 3 is 1.43 bits per heavy atom. The van der Waals surface area contributed by atoms with Crippen LogP contribution in [0.5, 0.6) is 0 Å². The van der Waals surface area contributed by atoms with Gasteiger partial charge in [-0.3, -0.25) is 19.2 Å². The van der Waals surface area contributed by atoms with Crippen LogP contribution in [0, 0.1) is 0 Å². The van der Waals surface area contributed by atoms with Crippen LogP contribution in [0.3, 0.4) is 0 Å². The Balaban J connectivity index is 1.11. The van der Waals surface area contributed by atoms with Gasteiger partial charge in [0.25, 0.3) is 0 Å². The third-order valence-electron chi connectivity index (χ3n) is 8.74. The van der Waals surface area contributed by atoms with Crippen molar-refractivity contribution in [3.63, 3.8) is 0 Å². The molecule has 2 aliphatic carbocycles. The zero-order valence-corrected chi connectivity index (χ0v) is 24.0. The van der Waals surface area contributed by atoms with Gasteiger partial charge in [0.05, 0.1) is 5.56 Å². The number of hydrogen-bond acceptors (Lipinski definition) is 7. The second kappa shape index (κ2) is 11.0. The minimum absolute atomic E-state index is 0.0460. The number of aliphatic hydroxyl groups excluding tert-OH is 1. The number of Topliss-reactive ketones (excluding diaryl/α,β-unsaturated/α-hetero) is 4. The summed E-state index contributed by atoms with van der Waals surface area (Å²) in [6.07, 6.45) is -1.74. The van der Waals surface area contributed by atoms with Crippen molar-refractivity contribution in [2.45, 2.75) is 18.1 Å². The maximum absolute atomic E-state index is 13.1. The maximum atomic E-state index is 13.1. The van der Waals surface area contributed by atoms with E-state index in [-0.39, 0.29) is 50.7 Å². The molecule has 8 heteroatoms. The van der Waals surface area contributed by atoms with Crippen molar-refractivity contribution in [2.75, 3.05) is 0 Å². The summed E-state index contributed by atoms with van der Waals surface area (Å²) >= 11 is 0. The summed E-state index contributed by atoms with van der Waals surface area (Å²) in [4.78, 5) is 63.7. The standard InChI is InChI=1S/C38H24O8/c39-33-27-14-12-25(37(43)44)17-29(27)35(41)31(33)21-8-4-19(5-9-21)23-2-1-3-24(16-23)20-6-10-22(11-7-20)32-34(40)28-15-13-26(38(45)46)18-30(28)36(32)42/h1-18,31-32,37,43-44H,(H,45,46). The van der Waals surface area contributed by atoms with E-state index in [0.29, 0.717) is 11.1 Å². The Hall–Kier alpha value is -5.83.